The molecule has 2 atom stereocenters. The van der Waals surface area contributed by atoms with Gasteiger partial charge in [-0.1, -0.05) is 0 Å². The lowest BCUT2D eigenvalue weighted by atomic mass is 10.4. The van der Waals surface area contributed by atoms with E-state index in [2.05, 4.69) is 0 Å². The maximum Gasteiger partial charge on any atom is 0.321 e. The van der Waals surface area contributed by atoms with Gasteiger partial charge in [-0.2, -0.15) is 0 Å². The molecule has 0 fully saturated rings. The highest BCUT2D eigenvalue weighted by Gasteiger charge is 2.10. The largest absolute Gasteiger partial charge is 0.480 e. The first-order valence-corrected chi connectivity index (χ1v) is 6.40. The molecule has 6 N–H and O–H groups in total. The van der Waals surface area contributed by atoms with Gasteiger partial charge in [0.25, 0.3) is 0 Å². The van der Waals surface area contributed by atoms with Gasteiger partial charge in [-0.3, -0.25) is 9.59 Å². The van der Waals surface area contributed by atoms with E-state index in [-0.39, 0.29) is 11.5 Å². The summed E-state index contributed by atoms with van der Waals surface area (Å²) in [6.07, 6.45) is 0. The zero-order chi connectivity index (χ0) is 12.6. The molecule has 0 aliphatic rings. The van der Waals surface area contributed by atoms with Crippen LogP contribution in [0.3, 0.4) is 0 Å². The summed E-state index contributed by atoms with van der Waals surface area (Å²) in [4.78, 5) is 20.7. The molecule has 0 heterocycles. The second-order valence-electron chi connectivity index (χ2n) is 2.83. The molecular weight excluding hydrogens is 252 g/mol. The van der Waals surface area contributed by atoms with Crippen molar-refractivity contribution in [2.45, 2.75) is 12.1 Å². The summed E-state index contributed by atoms with van der Waals surface area (Å²) in [7, 11) is 0. The summed E-state index contributed by atoms with van der Waals surface area (Å²) in [6.45, 7) is 0. The molecule has 0 saturated carbocycles. The number of carboxylic acids is 2. The Kier molecular flexibility index (Phi) is 8.08. The topological polar surface area (TPSA) is 127 Å². The van der Waals surface area contributed by atoms with E-state index in [1.54, 1.807) is 10.8 Å². The number of thioether (sulfide) groups is 2. The summed E-state index contributed by atoms with van der Waals surface area (Å²) in [5.74, 6) is -1.53. The van der Waals surface area contributed by atoms with Crippen LogP contribution in [-0.2, 0) is 9.59 Å². The second-order valence-corrected chi connectivity index (χ2v) is 4.71. The van der Waals surface area contributed by atoms with Crippen molar-refractivity contribution in [1.82, 2.24) is 0 Å². The van der Waals surface area contributed by atoms with Gasteiger partial charge in [0.15, 0.2) is 0 Å². The van der Waals surface area contributed by atoms with Crippen molar-refractivity contribution in [2.24, 2.45) is 11.5 Å². The standard InChI is InChI=1S/C8H14N2O4S2/c9-5(7(11)12)3-15-1-2-16-4-6(10)8(13)14/h1-2,5-6H,3-4,9-10H2,(H,11,12)(H,13,14)/b2-1+. The number of rotatable bonds is 8. The minimum absolute atomic E-state index is 0.275. The van der Waals surface area contributed by atoms with Gasteiger partial charge in [-0.25, -0.2) is 0 Å². The Morgan fingerprint density at radius 3 is 1.56 bits per heavy atom. The van der Waals surface area contributed by atoms with Crippen molar-refractivity contribution in [1.29, 1.82) is 0 Å². The molecule has 0 saturated heterocycles. The maximum absolute atomic E-state index is 10.3. The van der Waals surface area contributed by atoms with Crippen LogP contribution >= 0.6 is 23.5 Å². The smallest absolute Gasteiger partial charge is 0.321 e. The first-order chi connectivity index (χ1) is 7.45. The van der Waals surface area contributed by atoms with E-state index in [1.807, 2.05) is 0 Å². The molecule has 0 aromatic heterocycles. The minimum Gasteiger partial charge on any atom is -0.480 e. The number of hydrogen-bond acceptors (Lipinski definition) is 6. The highest BCUT2D eigenvalue weighted by atomic mass is 32.2. The fourth-order valence-electron chi connectivity index (χ4n) is 0.540. The third kappa shape index (κ3) is 7.57. The van der Waals surface area contributed by atoms with Crippen molar-refractivity contribution in [3.05, 3.63) is 10.8 Å². The fourth-order valence-corrected chi connectivity index (χ4v) is 2.09. The highest BCUT2D eigenvalue weighted by Crippen LogP contribution is 2.10. The lowest BCUT2D eigenvalue weighted by molar-refractivity contribution is -0.138. The Bertz CT molecular complexity index is 247. The van der Waals surface area contributed by atoms with Crippen LogP contribution in [0.4, 0.5) is 0 Å². The van der Waals surface area contributed by atoms with Gasteiger partial charge in [0.2, 0.25) is 0 Å². The monoisotopic (exact) mass is 266 g/mol. The Morgan fingerprint density at radius 2 is 1.31 bits per heavy atom. The Hall–Kier alpha value is -0.700. The van der Waals surface area contributed by atoms with E-state index in [0.717, 1.165) is 0 Å². The van der Waals surface area contributed by atoms with Crippen LogP contribution in [0.2, 0.25) is 0 Å². The molecular formula is C8H14N2O4S2. The van der Waals surface area contributed by atoms with Crippen molar-refractivity contribution >= 4 is 35.5 Å². The van der Waals surface area contributed by atoms with E-state index in [1.165, 1.54) is 23.5 Å². The van der Waals surface area contributed by atoms with E-state index in [4.69, 9.17) is 21.7 Å². The van der Waals surface area contributed by atoms with Crippen molar-refractivity contribution in [3.63, 3.8) is 0 Å². The summed E-state index contributed by atoms with van der Waals surface area (Å²) < 4.78 is 0. The molecule has 0 aliphatic carbocycles. The molecule has 16 heavy (non-hydrogen) atoms. The van der Waals surface area contributed by atoms with Crippen molar-refractivity contribution in [2.75, 3.05) is 11.5 Å². The van der Waals surface area contributed by atoms with Crippen LogP contribution in [0.5, 0.6) is 0 Å². The molecule has 6 nitrogen and oxygen atoms in total. The lowest BCUT2D eigenvalue weighted by Crippen LogP contribution is -2.32. The maximum atomic E-state index is 10.3. The van der Waals surface area contributed by atoms with Crippen LogP contribution in [0, 0.1) is 0 Å². The molecule has 8 heteroatoms. The van der Waals surface area contributed by atoms with Gasteiger partial charge in [-0.05, 0) is 10.8 Å². The summed E-state index contributed by atoms with van der Waals surface area (Å²) in [5.41, 5.74) is 10.5. The zero-order valence-corrected chi connectivity index (χ0v) is 10.0. The summed E-state index contributed by atoms with van der Waals surface area (Å²) in [5, 5.41) is 20.3. The van der Waals surface area contributed by atoms with E-state index >= 15 is 0 Å². The molecule has 0 aliphatic heterocycles. The fraction of sp³-hybridized carbons (Fsp3) is 0.500. The van der Waals surface area contributed by atoms with E-state index < -0.39 is 24.0 Å². The molecule has 0 aromatic carbocycles. The van der Waals surface area contributed by atoms with Crippen molar-refractivity contribution in [3.8, 4) is 0 Å². The highest BCUT2D eigenvalue weighted by molar-refractivity contribution is 8.05. The third-order valence-electron chi connectivity index (χ3n) is 1.43. The minimum atomic E-state index is -1.04. The molecule has 0 rings (SSSR count). The first-order valence-electron chi connectivity index (χ1n) is 4.30. The van der Waals surface area contributed by atoms with Crippen LogP contribution < -0.4 is 11.5 Å². The predicted molar refractivity (Wildman–Crippen MR) is 65.3 cm³/mol. The molecule has 0 bridgehead atoms. The van der Waals surface area contributed by atoms with Crippen LogP contribution in [0.25, 0.3) is 0 Å². The zero-order valence-electron chi connectivity index (χ0n) is 8.41. The van der Waals surface area contributed by atoms with Crippen LogP contribution in [0.1, 0.15) is 0 Å². The van der Waals surface area contributed by atoms with Gasteiger partial charge in [-0.15, -0.1) is 23.5 Å². The lowest BCUT2D eigenvalue weighted by Gasteiger charge is -2.03. The SMILES string of the molecule is NC(CS/C=C/SCC(N)C(=O)O)C(=O)O. The second kappa shape index (κ2) is 8.45. The average molecular weight is 266 g/mol. The van der Waals surface area contributed by atoms with Gasteiger partial charge in [0.1, 0.15) is 12.1 Å². The van der Waals surface area contributed by atoms with E-state index in [0.29, 0.717) is 0 Å². The summed E-state index contributed by atoms with van der Waals surface area (Å²) in [6, 6.07) is -1.78. The van der Waals surface area contributed by atoms with Gasteiger partial charge < -0.3 is 21.7 Å². The number of hydrogen-bond donors (Lipinski definition) is 4. The third-order valence-corrected chi connectivity index (χ3v) is 3.37. The Balaban J connectivity index is 3.56. The molecule has 2 unspecified atom stereocenters. The molecule has 0 amide bonds. The molecule has 92 valence electrons. The summed E-state index contributed by atoms with van der Waals surface area (Å²) >= 11 is 2.51. The number of carboxylic acid groups (broad SMARTS) is 2. The van der Waals surface area contributed by atoms with Gasteiger partial charge in [0, 0.05) is 11.5 Å². The number of aliphatic carboxylic acids is 2. The van der Waals surface area contributed by atoms with Crippen LogP contribution in [-0.4, -0.2) is 45.7 Å². The van der Waals surface area contributed by atoms with E-state index in [9.17, 15) is 9.59 Å². The van der Waals surface area contributed by atoms with Crippen LogP contribution in [0.15, 0.2) is 10.8 Å². The predicted octanol–water partition coefficient (Wildman–Crippen LogP) is -0.252. The molecule has 0 radical (unpaired) electrons. The Labute approximate surface area is 101 Å². The average Bonchev–Trinajstić information content (AvgIpc) is 2.21. The Morgan fingerprint density at radius 1 is 1.00 bits per heavy atom. The first kappa shape index (κ1) is 15.3. The number of nitrogens with two attached hydrogens (primary N) is 2. The molecule has 0 spiro atoms. The van der Waals surface area contributed by atoms with Gasteiger partial charge in [0.05, 0.1) is 0 Å². The van der Waals surface area contributed by atoms with Crippen molar-refractivity contribution < 1.29 is 19.8 Å². The molecule has 0 aromatic rings. The number of carbonyl (C=O) groups is 2. The normalized spacial score (nSPS) is 14.9. The van der Waals surface area contributed by atoms with Gasteiger partial charge >= 0.3 is 11.9 Å². The quantitative estimate of drug-likeness (QED) is 0.473.